The monoisotopic (exact) mass is 297 g/mol. The maximum absolute atomic E-state index is 12.0. The lowest BCUT2D eigenvalue weighted by Gasteiger charge is -2.17. The molecule has 4 nitrogen and oxygen atoms in total. The Labute approximate surface area is 124 Å². The first-order valence-electron chi connectivity index (χ1n) is 6.86. The van der Waals surface area contributed by atoms with Gasteiger partial charge in [0.05, 0.1) is 12.2 Å². The van der Waals surface area contributed by atoms with Crippen LogP contribution in [0.5, 0.6) is 0 Å². The second kappa shape index (κ2) is 6.88. The molecular formula is C15H23NO3S. The highest BCUT2D eigenvalue weighted by Crippen LogP contribution is 2.30. The van der Waals surface area contributed by atoms with Gasteiger partial charge in [0.1, 0.15) is 5.00 Å². The lowest BCUT2D eigenvalue weighted by Crippen LogP contribution is -2.20. The normalized spacial score (nSPS) is 11.2. The van der Waals surface area contributed by atoms with Crippen molar-refractivity contribution in [3.63, 3.8) is 0 Å². The molecule has 1 N–H and O–H groups in total. The van der Waals surface area contributed by atoms with Crippen molar-refractivity contribution >= 4 is 28.2 Å². The van der Waals surface area contributed by atoms with E-state index in [1.807, 2.05) is 27.7 Å². The standard InChI is InChI=1S/C15H23NO3S/c1-6-10-8-11(14(18)19-7-2)13(20-10)16-12(17)9-15(3,4)5/h8H,6-7,9H2,1-5H3,(H,16,17). The van der Waals surface area contributed by atoms with Crippen molar-refractivity contribution in [2.24, 2.45) is 5.41 Å². The zero-order chi connectivity index (χ0) is 15.3. The SMILES string of the molecule is CCOC(=O)c1cc(CC)sc1NC(=O)CC(C)(C)C. The van der Waals surface area contributed by atoms with Gasteiger partial charge in [-0.2, -0.15) is 0 Å². The molecule has 0 bridgehead atoms. The Morgan fingerprint density at radius 2 is 1.95 bits per heavy atom. The number of aryl methyl sites for hydroxylation is 1. The van der Waals surface area contributed by atoms with Crippen LogP contribution in [0.2, 0.25) is 0 Å². The van der Waals surface area contributed by atoms with E-state index in [0.29, 0.717) is 23.6 Å². The van der Waals surface area contributed by atoms with Crippen LogP contribution in [0.25, 0.3) is 0 Å². The summed E-state index contributed by atoms with van der Waals surface area (Å²) in [5, 5.41) is 3.43. The van der Waals surface area contributed by atoms with Crippen molar-refractivity contribution in [1.82, 2.24) is 0 Å². The number of rotatable bonds is 5. The Balaban J connectivity index is 2.90. The lowest BCUT2D eigenvalue weighted by atomic mass is 9.92. The second-order valence-electron chi connectivity index (χ2n) is 5.82. The van der Waals surface area contributed by atoms with Gasteiger partial charge in [-0.25, -0.2) is 4.79 Å². The van der Waals surface area contributed by atoms with Gasteiger partial charge in [-0.05, 0) is 24.8 Å². The molecule has 0 atom stereocenters. The van der Waals surface area contributed by atoms with E-state index >= 15 is 0 Å². The molecule has 0 spiro atoms. The molecule has 0 saturated carbocycles. The number of ether oxygens (including phenoxy) is 1. The molecule has 0 radical (unpaired) electrons. The van der Waals surface area contributed by atoms with Gasteiger partial charge in [-0.15, -0.1) is 11.3 Å². The molecule has 1 aromatic rings. The van der Waals surface area contributed by atoms with E-state index in [9.17, 15) is 9.59 Å². The van der Waals surface area contributed by atoms with Gasteiger partial charge >= 0.3 is 5.97 Å². The van der Waals surface area contributed by atoms with E-state index in [0.717, 1.165) is 11.3 Å². The highest BCUT2D eigenvalue weighted by Gasteiger charge is 2.21. The minimum absolute atomic E-state index is 0.0763. The van der Waals surface area contributed by atoms with Crippen LogP contribution in [0, 0.1) is 5.41 Å². The van der Waals surface area contributed by atoms with Crippen LogP contribution >= 0.6 is 11.3 Å². The summed E-state index contributed by atoms with van der Waals surface area (Å²) >= 11 is 1.44. The average Bonchev–Trinajstić information content (AvgIpc) is 2.69. The number of esters is 1. The average molecular weight is 297 g/mol. The Bertz CT molecular complexity index is 486. The summed E-state index contributed by atoms with van der Waals surface area (Å²) < 4.78 is 5.03. The van der Waals surface area contributed by atoms with Crippen LogP contribution in [0.4, 0.5) is 5.00 Å². The fraction of sp³-hybridized carbons (Fsp3) is 0.600. The largest absolute Gasteiger partial charge is 0.462 e. The van der Waals surface area contributed by atoms with Gasteiger partial charge in [-0.3, -0.25) is 4.79 Å². The topological polar surface area (TPSA) is 55.4 Å². The molecule has 20 heavy (non-hydrogen) atoms. The number of amides is 1. The van der Waals surface area contributed by atoms with Crippen molar-refractivity contribution in [3.05, 3.63) is 16.5 Å². The summed E-state index contributed by atoms with van der Waals surface area (Å²) in [5.41, 5.74) is 0.370. The number of hydrogen-bond donors (Lipinski definition) is 1. The van der Waals surface area contributed by atoms with Crippen molar-refractivity contribution in [3.8, 4) is 0 Å². The molecule has 1 heterocycles. The molecule has 0 aliphatic carbocycles. The Morgan fingerprint density at radius 1 is 1.30 bits per heavy atom. The highest BCUT2D eigenvalue weighted by atomic mass is 32.1. The van der Waals surface area contributed by atoms with E-state index in [-0.39, 0.29) is 17.3 Å². The summed E-state index contributed by atoms with van der Waals surface area (Å²) in [7, 11) is 0. The first kappa shape index (κ1) is 16.7. The van der Waals surface area contributed by atoms with Gasteiger partial charge in [-0.1, -0.05) is 27.7 Å². The van der Waals surface area contributed by atoms with Crippen LogP contribution in [0.1, 0.15) is 56.3 Å². The number of nitrogens with one attached hydrogen (secondary N) is 1. The van der Waals surface area contributed by atoms with E-state index in [1.165, 1.54) is 11.3 Å². The molecule has 0 aromatic carbocycles. The smallest absolute Gasteiger partial charge is 0.341 e. The van der Waals surface area contributed by atoms with E-state index in [4.69, 9.17) is 4.74 Å². The number of hydrogen-bond acceptors (Lipinski definition) is 4. The highest BCUT2D eigenvalue weighted by molar-refractivity contribution is 7.16. The fourth-order valence-electron chi connectivity index (χ4n) is 1.72. The Hall–Kier alpha value is -1.36. The third-order valence-electron chi connectivity index (χ3n) is 2.57. The van der Waals surface area contributed by atoms with E-state index < -0.39 is 0 Å². The number of thiophene rings is 1. The molecule has 0 unspecified atom stereocenters. The molecule has 112 valence electrons. The zero-order valence-corrected chi connectivity index (χ0v) is 13.6. The zero-order valence-electron chi connectivity index (χ0n) is 12.8. The molecule has 0 aliphatic heterocycles. The molecule has 5 heteroatoms. The summed E-state index contributed by atoms with van der Waals surface area (Å²) in [4.78, 5) is 25.0. The minimum Gasteiger partial charge on any atom is -0.462 e. The third-order valence-corrected chi connectivity index (χ3v) is 3.77. The van der Waals surface area contributed by atoms with Gasteiger partial charge in [0.2, 0.25) is 5.91 Å². The molecule has 0 saturated heterocycles. The predicted octanol–water partition coefficient (Wildman–Crippen LogP) is 3.86. The van der Waals surface area contributed by atoms with Gasteiger partial charge in [0, 0.05) is 11.3 Å². The molecule has 1 aromatic heterocycles. The van der Waals surface area contributed by atoms with E-state index in [2.05, 4.69) is 5.32 Å². The molecule has 1 amide bonds. The fourth-order valence-corrected chi connectivity index (χ4v) is 2.72. The predicted molar refractivity (Wildman–Crippen MR) is 82.4 cm³/mol. The maximum Gasteiger partial charge on any atom is 0.341 e. The van der Waals surface area contributed by atoms with Crippen molar-refractivity contribution in [1.29, 1.82) is 0 Å². The second-order valence-corrected chi connectivity index (χ2v) is 6.95. The molecule has 0 fully saturated rings. The van der Waals surface area contributed by atoms with Crippen LogP contribution in [-0.2, 0) is 16.0 Å². The first-order chi connectivity index (χ1) is 9.26. The number of anilines is 1. The number of carbonyl (C=O) groups excluding carboxylic acids is 2. The molecule has 0 aliphatic rings. The summed E-state index contributed by atoms with van der Waals surface area (Å²) in [6.45, 7) is 10.1. The van der Waals surface area contributed by atoms with Crippen LogP contribution < -0.4 is 5.32 Å². The maximum atomic E-state index is 12.0. The van der Waals surface area contributed by atoms with Gasteiger partial charge in [0.25, 0.3) is 0 Å². The van der Waals surface area contributed by atoms with Crippen molar-refractivity contribution in [2.45, 2.75) is 47.5 Å². The molecular weight excluding hydrogens is 274 g/mol. The van der Waals surface area contributed by atoms with Crippen molar-refractivity contribution < 1.29 is 14.3 Å². The Kier molecular flexibility index (Phi) is 5.74. The number of carbonyl (C=O) groups is 2. The van der Waals surface area contributed by atoms with Crippen LogP contribution in [0.15, 0.2) is 6.07 Å². The van der Waals surface area contributed by atoms with E-state index in [1.54, 1.807) is 13.0 Å². The molecule has 1 rings (SSSR count). The summed E-state index contributed by atoms with van der Waals surface area (Å²) in [6.07, 6.45) is 1.24. The lowest BCUT2D eigenvalue weighted by molar-refractivity contribution is -0.117. The third kappa shape index (κ3) is 4.96. The Morgan fingerprint density at radius 3 is 2.45 bits per heavy atom. The summed E-state index contributed by atoms with van der Waals surface area (Å²) in [6, 6.07) is 1.80. The van der Waals surface area contributed by atoms with Gasteiger partial charge < -0.3 is 10.1 Å². The van der Waals surface area contributed by atoms with Crippen LogP contribution in [0.3, 0.4) is 0 Å². The first-order valence-corrected chi connectivity index (χ1v) is 7.68. The van der Waals surface area contributed by atoms with Crippen molar-refractivity contribution in [2.75, 3.05) is 11.9 Å². The van der Waals surface area contributed by atoms with Gasteiger partial charge in [0.15, 0.2) is 0 Å². The summed E-state index contributed by atoms with van der Waals surface area (Å²) in [5.74, 6) is -0.456. The van der Waals surface area contributed by atoms with Crippen LogP contribution in [-0.4, -0.2) is 18.5 Å². The minimum atomic E-state index is -0.380. The quantitative estimate of drug-likeness (QED) is 0.840.